The van der Waals surface area contributed by atoms with E-state index in [1.807, 2.05) is 30.3 Å². The molecule has 3 rings (SSSR count). The highest BCUT2D eigenvalue weighted by molar-refractivity contribution is 5.77. The van der Waals surface area contributed by atoms with Gasteiger partial charge < -0.3 is 20.0 Å². The molecule has 1 aromatic rings. The summed E-state index contributed by atoms with van der Waals surface area (Å²) in [4.78, 5) is 29.3. The molecule has 27 heavy (non-hydrogen) atoms. The molecule has 2 aliphatic heterocycles. The first-order valence-corrected chi connectivity index (χ1v) is 9.57. The second-order valence-electron chi connectivity index (χ2n) is 7.66. The third-order valence-corrected chi connectivity index (χ3v) is 5.62. The summed E-state index contributed by atoms with van der Waals surface area (Å²) < 4.78 is 0. The van der Waals surface area contributed by atoms with Crippen LogP contribution in [-0.4, -0.2) is 94.2 Å². The van der Waals surface area contributed by atoms with Crippen molar-refractivity contribution in [1.82, 2.24) is 14.7 Å². The molecule has 2 N–H and O–H groups in total. The number of rotatable bonds is 5. The van der Waals surface area contributed by atoms with Gasteiger partial charge in [-0.3, -0.25) is 14.5 Å². The minimum Gasteiger partial charge on any atom is -0.388 e. The Hall–Kier alpha value is -1.96. The van der Waals surface area contributed by atoms with Crippen molar-refractivity contribution in [3.8, 4) is 0 Å². The van der Waals surface area contributed by atoms with Crippen molar-refractivity contribution in [2.24, 2.45) is 0 Å². The summed E-state index contributed by atoms with van der Waals surface area (Å²) in [5.74, 6) is 0.0136. The molecule has 148 valence electrons. The highest BCUT2D eigenvalue weighted by Crippen LogP contribution is 2.25. The zero-order valence-electron chi connectivity index (χ0n) is 15.9. The largest absolute Gasteiger partial charge is 0.388 e. The fourth-order valence-electron chi connectivity index (χ4n) is 3.89. The number of hydrogen-bond acceptors (Lipinski definition) is 5. The van der Waals surface area contributed by atoms with Gasteiger partial charge in [0, 0.05) is 52.6 Å². The van der Waals surface area contributed by atoms with E-state index in [-0.39, 0.29) is 24.9 Å². The smallest absolute Gasteiger partial charge is 0.223 e. The molecule has 2 aliphatic rings. The van der Waals surface area contributed by atoms with Gasteiger partial charge in [0.25, 0.3) is 0 Å². The third kappa shape index (κ3) is 4.86. The van der Waals surface area contributed by atoms with Gasteiger partial charge in [-0.25, -0.2) is 0 Å². The van der Waals surface area contributed by atoms with Gasteiger partial charge in [0.1, 0.15) is 11.7 Å². The molecule has 0 aliphatic carbocycles. The second kappa shape index (κ2) is 8.37. The van der Waals surface area contributed by atoms with E-state index in [9.17, 15) is 19.8 Å². The number of piperazine rings is 1. The summed E-state index contributed by atoms with van der Waals surface area (Å²) >= 11 is 0. The predicted molar refractivity (Wildman–Crippen MR) is 101 cm³/mol. The summed E-state index contributed by atoms with van der Waals surface area (Å²) in [6.45, 7) is 4.76. The molecule has 0 radical (unpaired) electrons. The molecule has 2 heterocycles. The molecule has 2 fully saturated rings. The lowest BCUT2D eigenvalue weighted by Crippen LogP contribution is -2.56. The lowest BCUT2D eigenvalue weighted by molar-refractivity contribution is -0.133. The van der Waals surface area contributed by atoms with Crippen LogP contribution in [0.3, 0.4) is 0 Å². The first kappa shape index (κ1) is 19.8. The van der Waals surface area contributed by atoms with E-state index in [1.165, 1.54) is 0 Å². The van der Waals surface area contributed by atoms with E-state index in [4.69, 9.17) is 0 Å². The number of nitrogens with zero attached hydrogens (tertiary/aromatic N) is 3. The molecule has 2 atom stereocenters. The number of amides is 2. The van der Waals surface area contributed by atoms with Crippen LogP contribution in [0.15, 0.2) is 30.3 Å². The van der Waals surface area contributed by atoms with Crippen LogP contribution < -0.4 is 0 Å². The molecule has 0 unspecified atom stereocenters. The summed E-state index contributed by atoms with van der Waals surface area (Å²) in [6.07, 6.45) is 0.0611. The number of β-amino-alcohol motifs (C(OH)–C–C–N with tert-alkyl or cyclic N) is 2. The Morgan fingerprint density at radius 3 is 2.41 bits per heavy atom. The van der Waals surface area contributed by atoms with E-state index in [1.54, 1.807) is 16.7 Å². The highest BCUT2D eigenvalue weighted by atomic mass is 16.3. The van der Waals surface area contributed by atoms with Crippen LogP contribution in [-0.2, 0) is 16.0 Å². The van der Waals surface area contributed by atoms with E-state index >= 15 is 0 Å². The van der Waals surface area contributed by atoms with Crippen molar-refractivity contribution >= 4 is 11.8 Å². The molecule has 2 amide bonds. The standard InChI is InChI=1S/C20H29N3O4/c1-16(24)22-11-9-21(10-12-22)14-20(27)15-23(13-18(20)25)19(26)8-7-17-5-3-2-4-6-17/h2-6,18,25,27H,7-15H2,1H3/t18-,20+/m1/s1. The molecule has 0 bridgehead atoms. The molecule has 7 heteroatoms. The molecule has 2 saturated heterocycles. The average Bonchev–Trinajstić information content (AvgIpc) is 2.95. The number of likely N-dealkylation sites (tertiary alicyclic amines) is 1. The molecule has 1 aromatic carbocycles. The minimum absolute atomic E-state index is 0.0461. The number of aryl methyl sites for hydroxylation is 1. The summed E-state index contributed by atoms with van der Waals surface area (Å²) in [5, 5.41) is 21.3. The van der Waals surface area contributed by atoms with Crippen LogP contribution >= 0.6 is 0 Å². The fraction of sp³-hybridized carbons (Fsp3) is 0.600. The van der Waals surface area contributed by atoms with Crippen molar-refractivity contribution in [1.29, 1.82) is 0 Å². The van der Waals surface area contributed by atoms with E-state index < -0.39 is 11.7 Å². The Morgan fingerprint density at radius 1 is 1.11 bits per heavy atom. The van der Waals surface area contributed by atoms with Crippen LogP contribution in [0.25, 0.3) is 0 Å². The lowest BCUT2D eigenvalue weighted by Gasteiger charge is -2.38. The van der Waals surface area contributed by atoms with Crippen LogP contribution in [0.5, 0.6) is 0 Å². The zero-order chi connectivity index (χ0) is 19.4. The maximum absolute atomic E-state index is 12.5. The Bertz CT molecular complexity index is 660. The molecular weight excluding hydrogens is 346 g/mol. The second-order valence-corrected chi connectivity index (χ2v) is 7.66. The van der Waals surface area contributed by atoms with E-state index in [2.05, 4.69) is 4.90 Å². The van der Waals surface area contributed by atoms with Crippen LogP contribution in [0.1, 0.15) is 18.9 Å². The van der Waals surface area contributed by atoms with Gasteiger partial charge in [-0.05, 0) is 12.0 Å². The number of aliphatic hydroxyl groups is 2. The monoisotopic (exact) mass is 375 g/mol. The summed E-state index contributed by atoms with van der Waals surface area (Å²) in [6, 6.07) is 9.82. The highest BCUT2D eigenvalue weighted by Gasteiger charge is 2.47. The molecule has 0 saturated carbocycles. The first-order chi connectivity index (χ1) is 12.9. The Labute approximate surface area is 160 Å². The number of benzene rings is 1. The van der Waals surface area contributed by atoms with E-state index in [0.717, 1.165) is 5.56 Å². The van der Waals surface area contributed by atoms with E-state index in [0.29, 0.717) is 45.6 Å². The number of aliphatic hydroxyl groups excluding tert-OH is 1. The van der Waals surface area contributed by atoms with Gasteiger partial charge in [-0.2, -0.15) is 0 Å². The molecule has 0 spiro atoms. The van der Waals surface area contributed by atoms with Crippen LogP contribution in [0.2, 0.25) is 0 Å². The maximum Gasteiger partial charge on any atom is 0.223 e. The summed E-state index contributed by atoms with van der Waals surface area (Å²) in [7, 11) is 0. The van der Waals surface area contributed by atoms with Crippen molar-refractivity contribution in [3.63, 3.8) is 0 Å². The predicted octanol–water partition coefficient (Wildman–Crippen LogP) is -0.282. The topological polar surface area (TPSA) is 84.3 Å². The van der Waals surface area contributed by atoms with Gasteiger partial charge in [-0.1, -0.05) is 30.3 Å². The average molecular weight is 375 g/mol. The van der Waals surface area contributed by atoms with Crippen molar-refractivity contribution in [2.75, 3.05) is 45.8 Å². The Balaban J connectivity index is 1.50. The van der Waals surface area contributed by atoms with Gasteiger partial charge >= 0.3 is 0 Å². The van der Waals surface area contributed by atoms with Crippen molar-refractivity contribution in [2.45, 2.75) is 31.5 Å². The van der Waals surface area contributed by atoms with Crippen molar-refractivity contribution < 1.29 is 19.8 Å². The fourth-order valence-corrected chi connectivity index (χ4v) is 3.89. The molecule has 7 nitrogen and oxygen atoms in total. The number of carbonyl (C=O) groups excluding carboxylic acids is 2. The lowest BCUT2D eigenvalue weighted by atomic mass is 9.99. The van der Waals surface area contributed by atoms with Crippen molar-refractivity contribution in [3.05, 3.63) is 35.9 Å². The normalized spacial score (nSPS) is 26.4. The van der Waals surface area contributed by atoms with Crippen LogP contribution in [0, 0.1) is 0 Å². The van der Waals surface area contributed by atoms with Gasteiger partial charge in [0.15, 0.2) is 0 Å². The molecule has 0 aromatic heterocycles. The minimum atomic E-state index is -1.32. The van der Waals surface area contributed by atoms with Gasteiger partial charge in [-0.15, -0.1) is 0 Å². The quantitative estimate of drug-likeness (QED) is 0.739. The van der Waals surface area contributed by atoms with Gasteiger partial charge in [0.05, 0.1) is 6.54 Å². The number of hydrogen-bond donors (Lipinski definition) is 2. The zero-order valence-corrected chi connectivity index (χ0v) is 15.9. The summed E-state index contributed by atoms with van der Waals surface area (Å²) in [5.41, 5.74) is -0.218. The maximum atomic E-state index is 12.5. The SMILES string of the molecule is CC(=O)N1CCN(C[C@]2(O)CN(C(=O)CCc3ccccc3)C[C@H]2O)CC1. The van der Waals surface area contributed by atoms with Crippen LogP contribution in [0.4, 0.5) is 0 Å². The Morgan fingerprint density at radius 2 is 1.78 bits per heavy atom. The first-order valence-electron chi connectivity index (χ1n) is 9.57. The Kier molecular flexibility index (Phi) is 6.14. The third-order valence-electron chi connectivity index (χ3n) is 5.62. The van der Waals surface area contributed by atoms with Gasteiger partial charge in [0.2, 0.25) is 11.8 Å². The number of carbonyl (C=O) groups is 2. The molecular formula is C20H29N3O4.